The quantitative estimate of drug-likeness (QED) is 0.701. The van der Waals surface area contributed by atoms with Crippen LogP contribution in [0.25, 0.3) is 5.57 Å². The number of rotatable bonds is 1. The molecule has 76 valence electrons. The lowest BCUT2D eigenvalue weighted by molar-refractivity contribution is 0.612. The van der Waals surface area contributed by atoms with Crippen LogP contribution in [0.2, 0.25) is 0 Å². The number of pyridine rings is 1. The van der Waals surface area contributed by atoms with E-state index in [-0.39, 0.29) is 0 Å². The number of allylic oxidation sites excluding steroid dienone is 1. The Morgan fingerprint density at radius 1 is 1.40 bits per heavy atom. The lowest BCUT2D eigenvalue weighted by Gasteiger charge is -2.17. The molecule has 1 fully saturated rings. The summed E-state index contributed by atoms with van der Waals surface area (Å²) in [5, 5.41) is 12.5. The number of aromatic nitrogens is 1. The molecule has 1 N–H and O–H groups in total. The Hall–Kier alpha value is -1.66. The van der Waals surface area contributed by atoms with Gasteiger partial charge in [-0.3, -0.25) is 4.98 Å². The standard InChI is InChI=1S/C12H13N3/c13-8-12(10-3-6-14-7-4-10)11-2-1-5-15-9-11/h1-2,5,9,14H,3-4,6-7H2. The van der Waals surface area contributed by atoms with Crippen LogP contribution in [0.3, 0.4) is 0 Å². The smallest absolute Gasteiger partial charge is 0.0998 e. The molecule has 0 radical (unpaired) electrons. The van der Waals surface area contributed by atoms with Gasteiger partial charge >= 0.3 is 0 Å². The fraction of sp³-hybridized carbons (Fsp3) is 0.333. The maximum atomic E-state index is 9.18. The number of hydrogen-bond acceptors (Lipinski definition) is 3. The Balaban J connectivity index is 2.35. The summed E-state index contributed by atoms with van der Waals surface area (Å²) in [5.41, 5.74) is 3.01. The number of nitrogens with one attached hydrogen (secondary N) is 1. The third kappa shape index (κ3) is 2.23. The van der Waals surface area contributed by atoms with Gasteiger partial charge < -0.3 is 5.32 Å². The van der Waals surface area contributed by atoms with E-state index in [4.69, 9.17) is 0 Å². The third-order valence-corrected chi connectivity index (χ3v) is 2.62. The number of nitriles is 1. The van der Waals surface area contributed by atoms with Gasteiger partial charge in [-0.15, -0.1) is 0 Å². The van der Waals surface area contributed by atoms with Crippen molar-refractivity contribution in [2.24, 2.45) is 0 Å². The number of piperidine rings is 1. The fourth-order valence-corrected chi connectivity index (χ4v) is 1.84. The molecule has 0 bridgehead atoms. The zero-order valence-corrected chi connectivity index (χ0v) is 8.53. The van der Waals surface area contributed by atoms with Gasteiger partial charge in [0.15, 0.2) is 0 Å². The van der Waals surface area contributed by atoms with Crippen LogP contribution in [0, 0.1) is 11.3 Å². The summed E-state index contributed by atoms with van der Waals surface area (Å²) >= 11 is 0. The molecule has 1 saturated heterocycles. The van der Waals surface area contributed by atoms with Crippen LogP contribution in [0.15, 0.2) is 30.1 Å². The van der Waals surface area contributed by atoms with E-state index in [1.807, 2.05) is 12.1 Å². The molecule has 0 aromatic carbocycles. The van der Waals surface area contributed by atoms with Crippen molar-refractivity contribution in [1.82, 2.24) is 10.3 Å². The lowest BCUT2D eigenvalue weighted by atomic mass is 9.96. The van der Waals surface area contributed by atoms with Crippen molar-refractivity contribution < 1.29 is 0 Å². The topological polar surface area (TPSA) is 48.7 Å². The first-order valence-corrected chi connectivity index (χ1v) is 5.15. The molecule has 1 aromatic rings. The van der Waals surface area contributed by atoms with Gasteiger partial charge in [0.05, 0.1) is 11.6 Å². The van der Waals surface area contributed by atoms with E-state index >= 15 is 0 Å². The molecule has 1 aliphatic rings. The Bertz CT molecular complexity index is 393. The van der Waals surface area contributed by atoms with Crippen molar-refractivity contribution in [3.63, 3.8) is 0 Å². The minimum Gasteiger partial charge on any atom is -0.316 e. The maximum absolute atomic E-state index is 9.18. The molecular formula is C12H13N3. The Morgan fingerprint density at radius 3 is 2.80 bits per heavy atom. The van der Waals surface area contributed by atoms with Crippen molar-refractivity contribution in [1.29, 1.82) is 5.26 Å². The van der Waals surface area contributed by atoms with Crippen LogP contribution >= 0.6 is 0 Å². The highest BCUT2D eigenvalue weighted by Crippen LogP contribution is 2.23. The van der Waals surface area contributed by atoms with Crippen LogP contribution in [-0.4, -0.2) is 18.1 Å². The van der Waals surface area contributed by atoms with E-state index in [1.165, 1.54) is 5.57 Å². The van der Waals surface area contributed by atoms with Crippen molar-refractivity contribution in [2.75, 3.05) is 13.1 Å². The Morgan fingerprint density at radius 2 is 2.20 bits per heavy atom. The summed E-state index contributed by atoms with van der Waals surface area (Å²) in [7, 11) is 0. The SMILES string of the molecule is N#CC(=C1CCNCC1)c1cccnc1. The second kappa shape index (κ2) is 4.72. The maximum Gasteiger partial charge on any atom is 0.0998 e. The van der Waals surface area contributed by atoms with Crippen molar-refractivity contribution in [3.8, 4) is 6.07 Å². The molecule has 0 saturated carbocycles. The van der Waals surface area contributed by atoms with Gasteiger partial charge in [-0.25, -0.2) is 0 Å². The first-order chi connectivity index (χ1) is 7.42. The van der Waals surface area contributed by atoms with Crippen LogP contribution < -0.4 is 5.32 Å². The van der Waals surface area contributed by atoms with Gasteiger partial charge in [0.1, 0.15) is 0 Å². The zero-order valence-electron chi connectivity index (χ0n) is 8.53. The van der Waals surface area contributed by atoms with Gasteiger partial charge in [0.2, 0.25) is 0 Å². The highest BCUT2D eigenvalue weighted by Gasteiger charge is 2.12. The first kappa shape index (κ1) is 9.88. The van der Waals surface area contributed by atoms with Gasteiger partial charge in [0.25, 0.3) is 0 Å². The fourth-order valence-electron chi connectivity index (χ4n) is 1.84. The molecule has 0 spiro atoms. The highest BCUT2D eigenvalue weighted by molar-refractivity contribution is 5.79. The minimum absolute atomic E-state index is 0.810. The molecule has 3 heteroatoms. The second-order valence-electron chi connectivity index (χ2n) is 3.58. The highest BCUT2D eigenvalue weighted by atomic mass is 14.9. The summed E-state index contributed by atoms with van der Waals surface area (Å²) in [4.78, 5) is 4.05. The molecule has 15 heavy (non-hydrogen) atoms. The average Bonchev–Trinajstić information content (AvgIpc) is 2.33. The van der Waals surface area contributed by atoms with Crippen LogP contribution in [0.5, 0.6) is 0 Å². The largest absolute Gasteiger partial charge is 0.316 e. The molecule has 1 aliphatic heterocycles. The molecule has 0 unspecified atom stereocenters. The van der Waals surface area contributed by atoms with Crippen molar-refractivity contribution in [2.45, 2.75) is 12.8 Å². The molecule has 2 rings (SSSR count). The first-order valence-electron chi connectivity index (χ1n) is 5.15. The number of nitrogens with zero attached hydrogens (tertiary/aromatic N) is 2. The third-order valence-electron chi connectivity index (χ3n) is 2.62. The van der Waals surface area contributed by atoms with E-state index in [0.717, 1.165) is 37.1 Å². The van der Waals surface area contributed by atoms with E-state index in [2.05, 4.69) is 16.4 Å². The van der Waals surface area contributed by atoms with Gasteiger partial charge in [-0.1, -0.05) is 6.07 Å². The Kier molecular flexibility index (Phi) is 3.11. The lowest BCUT2D eigenvalue weighted by Crippen LogP contribution is -2.23. The molecule has 2 heterocycles. The van der Waals surface area contributed by atoms with E-state index < -0.39 is 0 Å². The summed E-state index contributed by atoms with van der Waals surface area (Å²) < 4.78 is 0. The van der Waals surface area contributed by atoms with Gasteiger partial charge in [-0.05, 0) is 37.6 Å². The monoisotopic (exact) mass is 199 g/mol. The van der Waals surface area contributed by atoms with E-state index in [1.54, 1.807) is 12.4 Å². The van der Waals surface area contributed by atoms with E-state index in [9.17, 15) is 5.26 Å². The minimum atomic E-state index is 0.810. The predicted octanol–water partition coefficient (Wildman–Crippen LogP) is 1.74. The Labute approximate surface area is 89.5 Å². The molecule has 0 atom stereocenters. The molecule has 1 aromatic heterocycles. The van der Waals surface area contributed by atoms with Gasteiger partial charge in [-0.2, -0.15) is 5.26 Å². The average molecular weight is 199 g/mol. The summed E-state index contributed by atoms with van der Waals surface area (Å²) in [5.74, 6) is 0. The van der Waals surface area contributed by atoms with Crippen molar-refractivity contribution in [3.05, 3.63) is 35.7 Å². The summed E-state index contributed by atoms with van der Waals surface area (Å²) in [6.07, 6.45) is 5.43. The molecule has 3 nitrogen and oxygen atoms in total. The van der Waals surface area contributed by atoms with Crippen LogP contribution in [0.4, 0.5) is 0 Å². The molecular weight excluding hydrogens is 186 g/mol. The van der Waals surface area contributed by atoms with Gasteiger partial charge in [0, 0.05) is 18.0 Å². The summed E-state index contributed by atoms with van der Waals surface area (Å²) in [6, 6.07) is 6.11. The predicted molar refractivity (Wildman–Crippen MR) is 58.9 cm³/mol. The van der Waals surface area contributed by atoms with Crippen LogP contribution in [-0.2, 0) is 0 Å². The number of hydrogen-bond donors (Lipinski definition) is 1. The normalized spacial score (nSPS) is 15.8. The molecule has 0 aliphatic carbocycles. The van der Waals surface area contributed by atoms with E-state index in [0.29, 0.717) is 0 Å². The molecule has 0 amide bonds. The van der Waals surface area contributed by atoms with Crippen molar-refractivity contribution >= 4 is 5.57 Å². The second-order valence-corrected chi connectivity index (χ2v) is 3.58. The zero-order chi connectivity index (χ0) is 10.5. The summed E-state index contributed by atoms with van der Waals surface area (Å²) in [6.45, 7) is 1.95. The van der Waals surface area contributed by atoms with Crippen LogP contribution in [0.1, 0.15) is 18.4 Å².